The van der Waals surface area contributed by atoms with Crippen molar-refractivity contribution in [3.8, 4) is 0 Å². The highest BCUT2D eigenvalue weighted by atomic mass is 16.5. The Morgan fingerprint density at radius 1 is 1.29 bits per heavy atom. The summed E-state index contributed by atoms with van der Waals surface area (Å²) in [5, 5.41) is 3.74. The van der Waals surface area contributed by atoms with E-state index in [-0.39, 0.29) is 0 Å². The summed E-state index contributed by atoms with van der Waals surface area (Å²) in [6, 6.07) is 0.664. The van der Waals surface area contributed by atoms with Gasteiger partial charge in [0.2, 0.25) is 0 Å². The normalized spacial score (nSPS) is 34.4. The van der Waals surface area contributed by atoms with Gasteiger partial charge in [-0.15, -0.1) is 0 Å². The van der Waals surface area contributed by atoms with E-state index in [4.69, 9.17) is 9.47 Å². The van der Waals surface area contributed by atoms with Crippen LogP contribution in [-0.2, 0) is 9.47 Å². The third-order valence-electron chi connectivity index (χ3n) is 4.49. The van der Waals surface area contributed by atoms with Crippen molar-refractivity contribution >= 4 is 0 Å². The molecule has 0 aromatic carbocycles. The van der Waals surface area contributed by atoms with Crippen molar-refractivity contribution in [3.05, 3.63) is 0 Å². The van der Waals surface area contributed by atoms with Gasteiger partial charge in [-0.3, -0.25) is 0 Å². The van der Waals surface area contributed by atoms with E-state index in [1.54, 1.807) is 7.11 Å². The van der Waals surface area contributed by atoms with Crippen molar-refractivity contribution < 1.29 is 9.47 Å². The fourth-order valence-corrected chi connectivity index (χ4v) is 3.54. The highest BCUT2D eigenvalue weighted by molar-refractivity contribution is 5.11. The molecule has 100 valence electrons. The maximum absolute atomic E-state index is 5.80. The third kappa shape index (κ3) is 2.67. The standard InChI is InChI=1S/C14H27NO2/c1-14(2)12(11-7-10-17-13(11)14)15-8-5-4-6-9-16-3/h11-13,15H,4-10H2,1-3H3. The fraction of sp³-hybridized carbons (Fsp3) is 1.00. The molecular formula is C14H27NO2. The molecular weight excluding hydrogens is 214 g/mol. The summed E-state index contributed by atoms with van der Waals surface area (Å²) in [6.07, 6.45) is 5.46. The van der Waals surface area contributed by atoms with Crippen LogP contribution in [0.1, 0.15) is 39.5 Å². The number of ether oxygens (including phenoxy) is 2. The van der Waals surface area contributed by atoms with Crippen molar-refractivity contribution in [3.63, 3.8) is 0 Å². The van der Waals surface area contributed by atoms with Gasteiger partial charge < -0.3 is 14.8 Å². The molecule has 2 fully saturated rings. The smallest absolute Gasteiger partial charge is 0.0685 e. The van der Waals surface area contributed by atoms with E-state index >= 15 is 0 Å². The van der Waals surface area contributed by atoms with Crippen LogP contribution < -0.4 is 5.32 Å². The van der Waals surface area contributed by atoms with Crippen molar-refractivity contribution in [1.29, 1.82) is 0 Å². The van der Waals surface area contributed by atoms with Gasteiger partial charge in [-0.05, 0) is 32.2 Å². The Labute approximate surface area is 105 Å². The number of hydrogen-bond donors (Lipinski definition) is 1. The van der Waals surface area contributed by atoms with Gasteiger partial charge in [-0.2, -0.15) is 0 Å². The van der Waals surface area contributed by atoms with Crippen LogP contribution in [0.3, 0.4) is 0 Å². The van der Waals surface area contributed by atoms with E-state index < -0.39 is 0 Å². The average molecular weight is 241 g/mol. The molecule has 3 atom stereocenters. The zero-order chi connectivity index (χ0) is 12.3. The van der Waals surface area contributed by atoms with Crippen LogP contribution in [0.15, 0.2) is 0 Å². The molecule has 0 aromatic heterocycles. The summed E-state index contributed by atoms with van der Waals surface area (Å²) < 4.78 is 10.9. The topological polar surface area (TPSA) is 30.5 Å². The summed E-state index contributed by atoms with van der Waals surface area (Å²) >= 11 is 0. The maximum Gasteiger partial charge on any atom is 0.0685 e. The Morgan fingerprint density at radius 3 is 2.88 bits per heavy atom. The van der Waals surface area contributed by atoms with Crippen LogP contribution in [0, 0.1) is 11.3 Å². The van der Waals surface area contributed by atoms with Gasteiger partial charge >= 0.3 is 0 Å². The monoisotopic (exact) mass is 241 g/mol. The van der Waals surface area contributed by atoms with Crippen LogP contribution in [0.25, 0.3) is 0 Å². The van der Waals surface area contributed by atoms with Crippen LogP contribution in [0.2, 0.25) is 0 Å². The molecule has 1 aliphatic carbocycles. The molecule has 1 N–H and O–H groups in total. The lowest BCUT2D eigenvalue weighted by atomic mass is 9.57. The number of methoxy groups -OCH3 is 1. The molecule has 1 aliphatic heterocycles. The minimum atomic E-state index is 0.327. The van der Waals surface area contributed by atoms with Gasteiger partial charge in [0.15, 0.2) is 0 Å². The van der Waals surface area contributed by atoms with Gasteiger partial charge in [0, 0.05) is 37.7 Å². The number of unbranched alkanes of at least 4 members (excludes halogenated alkanes) is 2. The van der Waals surface area contributed by atoms with Gasteiger partial charge in [0.25, 0.3) is 0 Å². The zero-order valence-corrected chi connectivity index (χ0v) is 11.5. The molecule has 1 saturated heterocycles. The molecule has 0 spiro atoms. The van der Waals surface area contributed by atoms with Gasteiger partial charge in [-0.1, -0.05) is 13.8 Å². The predicted octanol–water partition coefficient (Wildman–Crippen LogP) is 2.21. The van der Waals surface area contributed by atoms with Crippen LogP contribution in [0.5, 0.6) is 0 Å². The first-order valence-corrected chi connectivity index (χ1v) is 7.02. The van der Waals surface area contributed by atoms with Gasteiger partial charge in [0.1, 0.15) is 0 Å². The van der Waals surface area contributed by atoms with Crippen LogP contribution in [-0.4, -0.2) is 39.0 Å². The largest absolute Gasteiger partial charge is 0.385 e. The molecule has 3 nitrogen and oxygen atoms in total. The van der Waals surface area contributed by atoms with E-state index in [0.29, 0.717) is 17.6 Å². The van der Waals surface area contributed by atoms with Gasteiger partial charge in [-0.25, -0.2) is 0 Å². The van der Waals surface area contributed by atoms with Crippen molar-refractivity contribution in [2.75, 3.05) is 26.9 Å². The van der Waals surface area contributed by atoms with Crippen molar-refractivity contribution in [1.82, 2.24) is 5.32 Å². The molecule has 0 bridgehead atoms. The summed E-state index contributed by atoms with van der Waals surface area (Å²) in [5.74, 6) is 0.768. The quantitative estimate of drug-likeness (QED) is 0.693. The minimum Gasteiger partial charge on any atom is -0.385 e. The molecule has 0 radical (unpaired) electrons. The number of nitrogens with one attached hydrogen (secondary N) is 1. The van der Waals surface area contributed by atoms with Gasteiger partial charge in [0.05, 0.1) is 6.10 Å². The predicted molar refractivity (Wildman–Crippen MR) is 69.1 cm³/mol. The summed E-state index contributed by atoms with van der Waals surface area (Å²) in [6.45, 7) is 7.67. The van der Waals surface area contributed by atoms with E-state index in [1.807, 2.05) is 0 Å². The molecule has 1 saturated carbocycles. The Bertz CT molecular complexity index is 242. The number of rotatable bonds is 7. The minimum absolute atomic E-state index is 0.327. The lowest BCUT2D eigenvalue weighted by Crippen LogP contribution is -2.65. The third-order valence-corrected chi connectivity index (χ3v) is 4.49. The second-order valence-electron chi connectivity index (χ2n) is 6.05. The van der Waals surface area contributed by atoms with Crippen LogP contribution in [0.4, 0.5) is 0 Å². The summed E-state index contributed by atoms with van der Waals surface area (Å²) in [4.78, 5) is 0. The second-order valence-corrected chi connectivity index (χ2v) is 6.05. The maximum atomic E-state index is 5.80. The van der Waals surface area contributed by atoms with Crippen molar-refractivity contribution in [2.45, 2.75) is 51.7 Å². The Balaban J connectivity index is 1.63. The second kappa shape index (κ2) is 5.68. The molecule has 2 rings (SSSR count). The molecule has 0 aromatic rings. The summed E-state index contributed by atoms with van der Waals surface area (Å²) in [7, 11) is 1.77. The van der Waals surface area contributed by atoms with Crippen molar-refractivity contribution in [2.24, 2.45) is 11.3 Å². The SMILES string of the molecule is COCCCCCNC1C2CCOC2C1(C)C. The van der Waals surface area contributed by atoms with E-state index in [1.165, 1.54) is 25.7 Å². The Morgan fingerprint density at radius 2 is 2.12 bits per heavy atom. The Hall–Kier alpha value is -0.120. The van der Waals surface area contributed by atoms with E-state index in [2.05, 4.69) is 19.2 Å². The summed E-state index contributed by atoms with van der Waals surface area (Å²) in [5.41, 5.74) is 0.327. The number of hydrogen-bond acceptors (Lipinski definition) is 3. The highest BCUT2D eigenvalue weighted by Gasteiger charge is 2.58. The fourth-order valence-electron chi connectivity index (χ4n) is 3.54. The molecule has 17 heavy (non-hydrogen) atoms. The first-order chi connectivity index (χ1) is 8.18. The lowest BCUT2D eigenvalue weighted by Gasteiger charge is -2.55. The zero-order valence-electron chi connectivity index (χ0n) is 11.5. The molecule has 0 amide bonds. The van der Waals surface area contributed by atoms with E-state index in [9.17, 15) is 0 Å². The molecule has 1 heterocycles. The highest BCUT2D eigenvalue weighted by Crippen LogP contribution is 2.51. The average Bonchev–Trinajstić information content (AvgIpc) is 2.74. The molecule has 2 aliphatic rings. The molecule has 3 unspecified atom stereocenters. The first kappa shape index (κ1) is 13.3. The van der Waals surface area contributed by atoms with E-state index in [0.717, 1.165) is 25.7 Å². The molecule has 3 heteroatoms. The lowest BCUT2D eigenvalue weighted by molar-refractivity contribution is -0.112. The Kier molecular flexibility index (Phi) is 4.45. The first-order valence-electron chi connectivity index (χ1n) is 7.02. The number of fused-ring (bicyclic) bond motifs is 1. The van der Waals surface area contributed by atoms with Crippen LogP contribution >= 0.6 is 0 Å².